The lowest BCUT2D eigenvalue weighted by atomic mass is 10.1. The normalized spacial score (nSPS) is 18.5. The van der Waals surface area contributed by atoms with Crippen molar-refractivity contribution in [3.63, 3.8) is 0 Å². The highest BCUT2D eigenvalue weighted by molar-refractivity contribution is 7.13. The van der Waals surface area contributed by atoms with Gasteiger partial charge < -0.3 is 10.1 Å². The smallest absolute Gasteiger partial charge is 0.376 e. The SMILES string of the molecule is C[C@@H](NC(=O)c1cc2nc(-c3cccs3)cc(C(F)(F)F)n2n1)[C@@H]1CCCO1. The number of thiophene rings is 1. The number of rotatable bonds is 4. The highest BCUT2D eigenvalue weighted by atomic mass is 32.1. The Labute approximate surface area is 162 Å². The molecule has 148 valence electrons. The van der Waals surface area contributed by atoms with Crippen molar-refractivity contribution >= 4 is 22.9 Å². The van der Waals surface area contributed by atoms with Crippen molar-refractivity contribution in [3.8, 4) is 10.6 Å². The fourth-order valence-electron chi connectivity index (χ4n) is 3.21. The molecule has 3 aromatic rings. The Morgan fingerprint density at radius 3 is 2.89 bits per heavy atom. The van der Waals surface area contributed by atoms with E-state index in [0.29, 0.717) is 16.0 Å². The van der Waals surface area contributed by atoms with Gasteiger partial charge in [-0.2, -0.15) is 18.3 Å². The third kappa shape index (κ3) is 3.61. The summed E-state index contributed by atoms with van der Waals surface area (Å²) in [6.45, 7) is 2.45. The van der Waals surface area contributed by atoms with Crippen LogP contribution in [0.4, 0.5) is 13.2 Å². The van der Waals surface area contributed by atoms with Crippen LogP contribution in [-0.2, 0) is 10.9 Å². The molecule has 0 unspecified atom stereocenters. The Kier molecular flexibility index (Phi) is 4.84. The lowest BCUT2D eigenvalue weighted by molar-refractivity contribution is -0.142. The Morgan fingerprint density at radius 1 is 1.43 bits per heavy atom. The zero-order valence-corrected chi connectivity index (χ0v) is 15.7. The minimum Gasteiger partial charge on any atom is -0.376 e. The van der Waals surface area contributed by atoms with E-state index in [1.807, 2.05) is 0 Å². The Morgan fingerprint density at radius 2 is 2.25 bits per heavy atom. The van der Waals surface area contributed by atoms with E-state index in [1.165, 1.54) is 17.4 Å². The number of hydrogen-bond acceptors (Lipinski definition) is 5. The maximum Gasteiger partial charge on any atom is 0.433 e. The van der Waals surface area contributed by atoms with Crippen LogP contribution >= 0.6 is 11.3 Å². The molecule has 1 amide bonds. The Hall–Kier alpha value is -2.46. The van der Waals surface area contributed by atoms with Crippen LogP contribution in [0.5, 0.6) is 0 Å². The first-order chi connectivity index (χ1) is 13.3. The molecule has 0 bridgehead atoms. The summed E-state index contributed by atoms with van der Waals surface area (Å²) in [5, 5.41) is 8.38. The van der Waals surface area contributed by atoms with Gasteiger partial charge in [0, 0.05) is 12.7 Å². The quantitative estimate of drug-likeness (QED) is 0.711. The van der Waals surface area contributed by atoms with E-state index in [0.717, 1.165) is 18.9 Å². The minimum atomic E-state index is -4.64. The third-order valence-electron chi connectivity index (χ3n) is 4.61. The van der Waals surface area contributed by atoms with Gasteiger partial charge in [-0.05, 0) is 37.3 Å². The highest BCUT2D eigenvalue weighted by Gasteiger charge is 2.36. The lowest BCUT2D eigenvalue weighted by Crippen LogP contribution is -2.41. The average molecular weight is 410 g/mol. The summed E-state index contributed by atoms with van der Waals surface area (Å²) >= 11 is 1.29. The zero-order valence-electron chi connectivity index (χ0n) is 14.9. The van der Waals surface area contributed by atoms with E-state index in [-0.39, 0.29) is 29.2 Å². The van der Waals surface area contributed by atoms with Crippen LogP contribution in [0.2, 0.25) is 0 Å². The van der Waals surface area contributed by atoms with Crippen molar-refractivity contribution in [2.45, 2.75) is 38.1 Å². The van der Waals surface area contributed by atoms with Gasteiger partial charge in [-0.3, -0.25) is 4.79 Å². The molecular formula is C18H17F3N4O2S. The number of aromatic nitrogens is 3. The first kappa shape index (κ1) is 18.9. The van der Waals surface area contributed by atoms with Gasteiger partial charge in [0.15, 0.2) is 17.0 Å². The minimum absolute atomic E-state index is 0.0341. The average Bonchev–Trinajstić information content (AvgIpc) is 3.40. The van der Waals surface area contributed by atoms with Gasteiger partial charge >= 0.3 is 6.18 Å². The van der Waals surface area contributed by atoms with Crippen molar-refractivity contribution in [2.24, 2.45) is 0 Å². The molecule has 1 aliphatic heterocycles. The zero-order chi connectivity index (χ0) is 19.9. The number of fused-ring (bicyclic) bond motifs is 1. The van der Waals surface area contributed by atoms with Crippen molar-refractivity contribution in [2.75, 3.05) is 6.61 Å². The number of carbonyl (C=O) groups excluding carboxylic acids is 1. The molecule has 4 heterocycles. The van der Waals surface area contributed by atoms with Gasteiger partial charge in [0.05, 0.1) is 22.7 Å². The highest BCUT2D eigenvalue weighted by Crippen LogP contribution is 2.33. The van der Waals surface area contributed by atoms with Crippen molar-refractivity contribution in [1.29, 1.82) is 0 Å². The van der Waals surface area contributed by atoms with E-state index >= 15 is 0 Å². The van der Waals surface area contributed by atoms with E-state index in [2.05, 4.69) is 15.4 Å². The number of ether oxygens (including phenoxy) is 1. The van der Waals surface area contributed by atoms with Gasteiger partial charge in [0.25, 0.3) is 5.91 Å². The van der Waals surface area contributed by atoms with E-state index < -0.39 is 17.8 Å². The van der Waals surface area contributed by atoms with Crippen LogP contribution in [-0.4, -0.2) is 39.3 Å². The summed E-state index contributed by atoms with van der Waals surface area (Å²) < 4.78 is 46.9. The maximum atomic E-state index is 13.6. The molecular weight excluding hydrogens is 393 g/mol. The monoisotopic (exact) mass is 410 g/mol. The molecule has 0 saturated carbocycles. The molecule has 1 saturated heterocycles. The molecule has 6 nitrogen and oxygen atoms in total. The standard InChI is InChI=1S/C18H17F3N4O2S/c1-10(13-4-2-6-27-13)22-17(26)12-9-16-23-11(14-5-3-7-28-14)8-15(18(19,20)21)25(16)24-12/h3,5,7-10,13H,2,4,6H2,1H3,(H,22,26)/t10-,13+/m1/s1. The molecule has 0 radical (unpaired) electrons. The number of halogens is 3. The molecule has 28 heavy (non-hydrogen) atoms. The van der Waals surface area contributed by atoms with Crippen LogP contribution in [0.1, 0.15) is 35.9 Å². The molecule has 2 atom stereocenters. The molecule has 1 aliphatic rings. The van der Waals surface area contributed by atoms with Gasteiger partial charge in [-0.1, -0.05) is 6.07 Å². The second kappa shape index (κ2) is 7.17. The summed E-state index contributed by atoms with van der Waals surface area (Å²) in [6.07, 6.45) is -2.99. The van der Waals surface area contributed by atoms with Crippen molar-refractivity contribution in [3.05, 3.63) is 41.0 Å². The predicted octanol–water partition coefficient (Wildman–Crippen LogP) is 3.77. The molecule has 0 aliphatic carbocycles. The van der Waals surface area contributed by atoms with Gasteiger partial charge in [0.2, 0.25) is 0 Å². The van der Waals surface area contributed by atoms with Crippen molar-refractivity contribution in [1.82, 2.24) is 19.9 Å². The second-order valence-corrected chi connectivity index (χ2v) is 7.56. The Bertz CT molecular complexity index is 994. The summed E-state index contributed by atoms with van der Waals surface area (Å²) in [7, 11) is 0. The fourth-order valence-corrected chi connectivity index (χ4v) is 3.89. The van der Waals surface area contributed by atoms with Crippen LogP contribution in [0.25, 0.3) is 16.2 Å². The summed E-state index contributed by atoms with van der Waals surface area (Å²) in [5.41, 5.74) is -0.944. The topological polar surface area (TPSA) is 68.5 Å². The largest absolute Gasteiger partial charge is 0.433 e. The van der Waals surface area contributed by atoms with Gasteiger partial charge in [-0.15, -0.1) is 11.3 Å². The summed E-state index contributed by atoms with van der Waals surface area (Å²) in [5.74, 6) is -0.556. The van der Waals surface area contributed by atoms with Crippen LogP contribution < -0.4 is 5.32 Å². The molecule has 0 spiro atoms. The maximum absolute atomic E-state index is 13.6. The fraction of sp³-hybridized carbons (Fsp3) is 0.389. The van der Waals surface area contributed by atoms with Crippen LogP contribution in [0.3, 0.4) is 0 Å². The first-order valence-electron chi connectivity index (χ1n) is 8.77. The predicted molar refractivity (Wildman–Crippen MR) is 97.2 cm³/mol. The lowest BCUT2D eigenvalue weighted by Gasteiger charge is -2.19. The van der Waals surface area contributed by atoms with Crippen molar-refractivity contribution < 1.29 is 22.7 Å². The Balaban J connectivity index is 1.70. The van der Waals surface area contributed by atoms with Crippen LogP contribution in [0, 0.1) is 0 Å². The number of amides is 1. The number of nitrogens with one attached hydrogen (secondary N) is 1. The molecule has 4 rings (SSSR count). The van der Waals surface area contributed by atoms with E-state index in [9.17, 15) is 18.0 Å². The molecule has 10 heteroatoms. The second-order valence-electron chi connectivity index (χ2n) is 6.61. The van der Waals surface area contributed by atoms with E-state index in [1.54, 1.807) is 24.4 Å². The number of nitrogens with zero attached hydrogens (tertiary/aromatic N) is 3. The molecule has 1 N–H and O–H groups in total. The molecule has 3 aromatic heterocycles. The summed E-state index contributed by atoms with van der Waals surface area (Å²) in [4.78, 5) is 17.4. The van der Waals surface area contributed by atoms with Crippen LogP contribution in [0.15, 0.2) is 29.6 Å². The molecule has 0 aromatic carbocycles. The van der Waals surface area contributed by atoms with E-state index in [4.69, 9.17) is 4.74 Å². The number of alkyl halides is 3. The van der Waals surface area contributed by atoms with Gasteiger partial charge in [-0.25, -0.2) is 9.50 Å². The third-order valence-corrected chi connectivity index (χ3v) is 5.50. The summed E-state index contributed by atoms with van der Waals surface area (Å²) in [6, 6.07) is 5.38. The van der Waals surface area contributed by atoms with Gasteiger partial charge in [0.1, 0.15) is 0 Å². The number of carbonyl (C=O) groups is 1. The number of hydrogen-bond donors (Lipinski definition) is 1. The first-order valence-corrected chi connectivity index (χ1v) is 9.65. The molecule has 1 fully saturated rings.